The first-order valence-corrected chi connectivity index (χ1v) is 4.03. The van der Waals surface area contributed by atoms with Gasteiger partial charge in [-0.2, -0.15) is 5.10 Å². The Balaban J connectivity index is 2.37. The fraction of sp³-hybridized carbons (Fsp3) is 0.714. The highest BCUT2D eigenvalue weighted by molar-refractivity contribution is 4.66. The largest absolute Gasteiger partial charge is 0.395 e. The van der Waals surface area contributed by atoms with E-state index < -0.39 is 0 Å². The van der Waals surface area contributed by atoms with Crippen molar-refractivity contribution in [1.82, 2.24) is 20.1 Å². The maximum absolute atomic E-state index is 8.93. The van der Waals surface area contributed by atoms with Gasteiger partial charge in [-0.05, 0) is 6.54 Å². The highest BCUT2D eigenvalue weighted by Crippen LogP contribution is 1.87. The Bertz CT molecular complexity index is 199. The molecule has 1 aromatic heterocycles. The fourth-order valence-corrected chi connectivity index (χ4v) is 1.03. The van der Waals surface area contributed by atoms with Crippen molar-refractivity contribution >= 4 is 0 Å². The summed E-state index contributed by atoms with van der Waals surface area (Å²) in [5.74, 6) is 0. The number of hydrogen-bond donors (Lipinski definition) is 2. The lowest BCUT2D eigenvalue weighted by atomic mass is 10.3. The molecule has 0 saturated carbocycles. The van der Waals surface area contributed by atoms with Gasteiger partial charge in [-0.3, -0.25) is 4.68 Å². The number of likely N-dealkylation sites (N-methyl/N-ethyl adjacent to an activating group) is 1. The van der Waals surface area contributed by atoms with E-state index in [0.29, 0.717) is 6.54 Å². The van der Waals surface area contributed by atoms with E-state index in [2.05, 4.69) is 15.4 Å². The van der Waals surface area contributed by atoms with Gasteiger partial charge in [-0.25, -0.2) is 4.98 Å². The summed E-state index contributed by atoms with van der Waals surface area (Å²) in [6.07, 6.45) is 3.13. The van der Waals surface area contributed by atoms with Gasteiger partial charge in [0.25, 0.3) is 0 Å². The van der Waals surface area contributed by atoms with Crippen LogP contribution < -0.4 is 5.32 Å². The van der Waals surface area contributed by atoms with Crippen LogP contribution in [-0.2, 0) is 6.54 Å². The molecule has 2 N–H and O–H groups in total. The monoisotopic (exact) mass is 170 g/mol. The molecule has 1 heterocycles. The van der Waals surface area contributed by atoms with Crippen LogP contribution in [0.1, 0.15) is 6.92 Å². The molecule has 0 aliphatic heterocycles. The van der Waals surface area contributed by atoms with Gasteiger partial charge in [0, 0.05) is 6.04 Å². The third kappa shape index (κ3) is 2.60. The molecule has 0 radical (unpaired) electrons. The van der Waals surface area contributed by atoms with Crippen LogP contribution in [0.5, 0.6) is 0 Å². The highest BCUT2D eigenvalue weighted by atomic mass is 16.3. The first kappa shape index (κ1) is 9.15. The first-order valence-electron chi connectivity index (χ1n) is 4.03. The minimum Gasteiger partial charge on any atom is -0.395 e. The Morgan fingerprint density at radius 2 is 2.50 bits per heavy atom. The minimum absolute atomic E-state index is 0.0664. The lowest BCUT2D eigenvalue weighted by Crippen LogP contribution is -2.36. The summed E-state index contributed by atoms with van der Waals surface area (Å²) in [4.78, 5) is 3.81. The predicted octanol–water partition coefficient (Wildman–Crippen LogP) is -0.752. The van der Waals surface area contributed by atoms with Gasteiger partial charge in [-0.15, -0.1) is 0 Å². The van der Waals surface area contributed by atoms with E-state index in [1.165, 1.54) is 6.33 Å². The van der Waals surface area contributed by atoms with Crippen molar-refractivity contribution in [1.29, 1.82) is 0 Å². The van der Waals surface area contributed by atoms with Crippen LogP contribution in [0.4, 0.5) is 0 Å². The minimum atomic E-state index is 0.0664. The summed E-state index contributed by atoms with van der Waals surface area (Å²) >= 11 is 0. The van der Waals surface area contributed by atoms with E-state index in [4.69, 9.17) is 5.11 Å². The second-order valence-corrected chi connectivity index (χ2v) is 2.55. The molecular weight excluding hydrogens is 156 g/mol. The SMILES string of the molecule is CCNC(CO)Cn1cncn1. The Labute approximate surface area is 71.4 Å². The van der Waals surface area contributed by atoms with Crippen LogP contribution in [0.15, 0.2) is 12.7 Å². The number of rotatable bonds is 5. The van der Waals surface area contributed by atoms with Gasteiger partial charge in [0.1, 0.15) is 12.7 Å². The molecule has 1 rings (SSSR count). The zero-order valence-corrected chi connectivity index (χ0v) is 7.14. The zero-order valence-electron chi connectivity index (χ0n) is 7.14. The number of aliphatic hydroxyl groups is 1. The number of aliphatic hydroxyl groups excluding tert-OH is 1. The summed E-state index contributed by atoms with van der Waals surface area (Å²) in [6, 6.07) is 0.0664. The van der Waals surface area contributed by atoms with E-state index in [1.54, 1.807) is 11.0 Å². The van der Waals surface area contributed by atoms with Crippen LogP contribution in [0, 0.1) is 0 Å². The van der Waals surface area contributed by atoms with Crippen LogP contribution >= 0.6 is 0 Å². The molecule has 1 aromatic rings. The van der Waals surface area contributed by atoms with Crippen molar-refractivity contribution in [2.75, 3.05) is 13.2 Å². The Hall–Kier alpha value is -0.940. The highest BCUT2D eigenvalue weighted by Gasteiger charge is 2.05. The summed E-state index contributed by atoms with van der Waals surface area (Å²) in [5.41, 5.74) is 0. The van der Waals surface area contributed by atoms with Crippen LogP contribution in [-0.4, -0.2) is 39.1 Å². The van der Waals surface area contributed by atoms with E-state index in [-0.39, 0.29) is 12.6 Å². The molecule has 1 unspecified atom stereocenters. The molecule has 0 saturated heterocycles. The van der Waals surface area contributed by atoms with Crippen molar-refractivity contribution in [2.45, 2.75) is 19.5 Å². The van der Waals surface area contributed by atoms with Crippen molar-refractivity contribution < 1.29 is 5.11 Å². The van der Waals surface area contributed by atoms with Gasteiger partial charge in [-0.1, -0.05) is 6.92 Å². The lowest BCUT2D eigenvalue weighted by molar-refractivity contribution is 0.227. The first-order chi connectivity index (χ1) is 5.86. The molecule has 5 heteroatoms. The summed E-state index contributed by atoms with van der Waals surface area (Å²) in [6.45, 7) is 3.63. The van der Waals surface area contributed by atoms with Gasteiger partial charge in [0.15, 0.2) is 0 Å². The summed E-state index contributed by atoms with van der Waals surface area (Å²) in [7, 11) is 0. The van der Waals surface area contributed by atoms with Gasteiger partial charge in [0.05, 0.1) is 13.2 Å². The molecule has 5 nitrogen and oxygen atoms in total. The molecule has 68 valence electrons. The molecular formula is C7H14N4O. The smallest absolute Gasteiger partial charge is 0.137 e. The summed E-state index contributed by atoms with van der Waals surface area (Å²) < 4.78 is 1.70. The third-order valence-corrected chi connectivity index (χ3v) is 1.59. The van der Waals surface area contributed by atoms with E-state index >= 15 is 0 Å². The van der Waals surface area contributed by atoms with Crippen molar-refractivity contribution in [3.8, 4) is 0 Å². The number of hydrogen-bond acceptors (Lipinski definition) is 4. The van der Waals surface area contributed by atoms with Crippen LogP contribution in [0.2, 0.25) is 0 Å². The van der Waals surface area contributed by atoms with Crippen LogP contribution in [0.25, 0.3) is 0 Å². The maximum atomic E-state index is 8.93. The van der Waals surface area contributed by atoms with Gasteiger partial charge < -0.3 is 10.4 Å². The van der Waals surface area contributed by atoms with Crippen molar-refractivity contribution in [2.24, 2.45) is 0 Å². The van der Waals surface area contributed by atoms with E-state index in [0.717, 1.165) is 6.54 Å². The molecule has 1 atom stereocenters. The molecule has 0 fully saturated rings. The van der Waals surface area contributed by atoms with Gasteiger partial charge in [0.2, 0.25) is 0 Å². The molecule has 0 bridgehead atoms. The average Bonchev–Trinajstić information content (AvgIpc) is 2.56. The molecule has 12 heavy (non-hydrogen) atoms. The van der Waals surface area contributed by atoms with Crippen LogP contribution in [0.3, 0.4) is 0 Å². The Morgan fingerprint density at radius 3 is 3.00 bits per heavy atom. The second kappa shape index (κ2) is 4.84. The number of nitrogens with zero attached hydrogens (tertiary/aromatic N) is 3. The van der Waals surface area contributed by atoms with Gasteiger partial charge >= 0.3 is 0 Å². The van der Waals surface area contributed by atoms with E-state index in [1.807, 2.05) is 6.92 Å². The molecule has 0 amide bonds. The van der Waals surface area contributed by atoms with E-state index in [9.17, 15) is 0 Å². The average molecular weight is 170 g/mol. The van der Waals surface area contributed by atoms with Crippen molar-refractivity contribution in [3.05, 3.63) is 12.7 Å². The standard InChI is InChI=1S/C7H14N4O/c1-2-9-7(4-12)3-11-6-8-5-10-11/h5-7,9,12H,2-4H2,1H3. The Morgan fingerprint density at radius 1 is 1.67 bits per heavy atom. The predicted molar refractivity (Wildman–Crippen MR) is 44.6 cm³/mol. The number of nitrogens with one attached hydrogen (secondary N) is 1. The summed E-state index contributed by atoms with van der Waals surface area (Å²) in [5, 5.41) is 16.0. The maximum Gasteiger partial charge on any atom is 0.137 e. The fourth-order valence-electron chi connectivity index (χ4n) is 1.03. The molecule has 0 aliphatic carbocycles. The Kier molecular flexibility index (Phi) is 3.69. The molecule has 0 spiro atoms. The second-order valence-electron chi connectivity index (χ2n) is 2.55. The number of aromatic nitrogens is 3. The molecule has 0 aliphatic rings. The third-order valence-electron chi connectivity index (χ3n) is 1.59. The zero-order chi connectivity index (χ0) is 8.81. The topological polar surface area (TPSA) is 63.0 Å². The normalized spacial score (nSPS) is 13.2. The van der Waals surface area contributed by atoms with Crippen molar-refractivity contribution in [3.63, 3.8) is 0 Å². The lowest BCUT2D eigenvalue weighted by Gasteiger charge is -2.13. The quantitative estimate of drug-likeness (QED) is 0.610. The molecule has 0 aromatic carbocycles.